The van der Waals surface area contributed by atoms with Crippen molar-refractivity contribution in [1.29, 1.82) is 0 Å². The molecule has 2 rings (SSSR count). The largest absolute Gasteiger partial charge is 0.481 e. The van der Waals surface area contributed by atoms with Gasteiger partial charge in [0.1, 0.15) is 5.82 Å². The molecule has 9 nitrogen and oxygen atoms in total. The molecule has 0 aliphatic carbocycles. The summed E-state index contributed by atoms with van der Waals surface area (Å²) in [5, 5.41) is 9.26. The molecule has 220 valence electrons. The number of sulfonamides is 1. The van der Waals surface area contributed by atoms with Crippen molar-refractivity contribution in [3.63, 3.8) is 0 Å². The number of hydrogen-bond donors (Lipinski definition) is 1. The fourth-order valence-electron chi connectivity index (χ4n) is 3.61. The van der Waals surface area contributed by atoms with Crippen molar-refractivity contribution in [2.24, 2.45) is 0 Å². The van der Waals surface area contributed by atoms with Crippen LogP contribution in [0.5, 0.6) is 0 Å². The van der Waals surface area contributed by atoms with Crippen LogP contribution in [0.15, 0.2) is 30.3 Å². The van der Waals surface area contributed by atoms with Crippen LogP contribution >= 0.6 is 0 Å². The van der Waals surface area contributed by atoms with E-state index in [1.165, 1.54) is 37.4 Å². The number of anilines is 1. The number of carbonyl (C=O) groups is 2. The van der Waals surface area contributed by atoms with Gasteiger partial charge in [0.25, 0.3) is 0 Å². The van der Waals surface area contributed by atoms with Gasteiger partial charge in [0, 0.05) is 24.6 Å². The third-order valence-corrected chi connectivity index (χ3v) is 12.6. The molecule has 0 unspecified atom stereocenters. The van der Waals surface area contributed by atoms with E-state index in [1.807, 2.05) is 47.7 Å². The zero-order valence-electron chi connectivity index (χ0n) is 24.6. The van der Waals surface area contributed by atoms with E-state index in [0.29, 0.717) is 22.5 Å². The molecule has 1 aromatic heterocycles. The maximum Gasteiger partial charge on any atom is 0.305 e. The molecule has 0 radical (unpaired) electrons. The Morgan fingerprint density at radius 2 is 1.70 bits per heavy atom. The lowest BCUT2D eigenvalue weighted by atomic mass is 9.97. The Balaban J connectivity index is 2.58. The number of carboxylic acid groups (broad SMARTS) is 1. The van der Waals surface area contributed by atoms with Crippen LogP contribution in [0.1, 0.15) is 64.6 Å². The molecule has 1 aromatic carbocycles. The number of nitrogens with zero attached hydrogens (tertiary/aromatic N) is 3. The van der Waals surface area contributed by atoms with Gasteiger partial charge in [0.2, 0.25) is 16.0 Å². The van der Waals surface area contributed by atoms with Crippen LogP contribution in [0, 0.1) is 5.82 Å². The number of hydrogen-bond acceptors (Lipinski definition) is 7. The van der Waals surface area contributed by atoms with Crippen LogP contribution in [0.4, 0.5) is 10.3 Å². The molecule has 0 amide bonds. The molecule has 0 spiro atoms. The van der Waals surface area contributed by atoms with Crippen molar-refractivity contribution in [1.82, 2.24) is 9.97 Å². The van der Waals surface area contributed by atoms with Crippen LogP contribution in [0.3, 0.4) is 0 Å². The molecule has 2 aromatic rings. The van der Waals surface area contributed by atoms with Gasteiger partial charge in [-0.25, -0.2) is 27.1 Å². The summed E-state index contributed by atoms with van der Waals surface area (Å²) in [6.07, 6.45) is 2.69. The topological polar surface area (TPSA) is 127 Å². The molecule has 0 aliphatic rings. The van der Waals surface area contributed by atoms with Crippen molar-refractivity contribution in [2.75, 3.05) is 17.6 Å². The van der Waals surface area contributed by atoms with Gasteiger partial charge in [-0.3, -0.25) is 9.59 Å². The van der Waals surface area contributed by atoms with Gasteiger partial charge < -0.3 is 9.53 Å². The predicted octanol–water partition coefficient (Wildman–Crippen LogP) is 5.64. The Hall–Kier alpha value is -2.96. The second-order valence-corrected chi connectivity index (χ2v) is 18.4. The average Bonchev–Trinajstić information content (AvgIpc) is 2.80. The zero-order chi connectivity index (χ0) is 30.6. The van der Waals surface area contributed by atoms with E-state index >= 15 is 0 Å². The SMILES string of the molecule is CC(C)c1nc(N(C)S(C)(=O)=O)nc(-c2ccc(F)cc2)c1/C=C/C(=O)C[C@H](CC(=O)O)O[Si](C)(C)C(C)(C)C. The van der Waals surface area contributed by atoms with Gasteiger partial charge in [-0.05, 0) is 60.5 Å². The zero-order valence-corrected chi connectivity index (χ0v) is 26.5. The van der Waals surface area contributed by atoms with E-state index in [2.05, 4.69) is 9.97 Å². The summed E-state index contributed by atoms with van der Waals surface area (Å²) >= 11 is 0. The van der Waals surface area contributed by atoms with Crippen LogP contribution in [-0.4, -0.2) is 63.0 Å². The van der Waals surface area contributed by atoms with Crippen molar-refractivity contribution < 1.29 is 31.9 Å². The van der Waals surface area contributed by atoms with Crippen LogP contribution < -0.4 is 4.31 Å². The molecule has 1 N–H and O–H groups in total. The highest BCUT2D eigenvalue weighted by Gasteiger charge is 2.39. The number of benzene rings is 1. The van der Waals surface area contributed by atoms with Gasteiger partial charge in [-0.2, -0.15) is 0 Å². The van der Waals surface area contributed by atoms with Crippen LogP contribution in [0.2, 0.25) is 18.1 Å². The highest BCUT2D eigenvalue weighted by atomic mass is 32.2. The number of allylic oxidation sites excluding steroid dienone is 1. The fraction of sp³-hybridized carbons (Fsp3) is 0.500. The number of carboxylic acids is 1. The molecule has 1 heterocycles. The first-order valence-electron chi connectivity index (χ1n) is 12.9. The average molecular weight is 594 g/mol. The molecule has 0 saturated heterocycles. The number of rotatable bonds is 12. The van der Waals surface area contributed by atoms with E-state index in [9.17, 15) is 27.5 Å². The molecule has 1 atom stereocenters. The molecular weight excluding hydrogens is 553 g/mol. The maximum absolute atomic E-state index is 13.7. The van der Waals surface area contributed by atoms with Crippen LogP contribution in [0.25, 0.3) is 17.3 Å². The third-order valence-electron chi connectivity index (χ3n) is 6.94. The monoisotopic (exact) mass is 593 g/mol. The number of carbonyl (C=O) groups excluding carboxylic acids is 1. The highest BCUT2D eigenvalue weighted by Crippen LogP contribution is 2.38. The summed E-state index contributed by atoms with van der Waals surface area (Å²) < 4.78 is 45.4. The molecule has 12 heteroatoms. The number of aliphatic carboxylic acids is 1. The number of halogens is 1. The van der Waals surface area contributed by atoms with Gasteiger partial charge in [0.15, 0.2) is 14.1 Å². The first-order chi connectivity index (χ1) is 18.2. The van der Waals surface area contributed by atoms with E-state index < -0.39 is 36.2 Å². The summed E-state index contributed by atoms with van der Waals surface area (Å²) in [5.74, 6) is -2.10. The lowest BCUT2D eigenvalue weighted by Crippen LogP contribution is -2.44. The molecule has 0 saturated carbocycles. The minimum Gasteiger partial charge on any atom is -0.481 e. The molecule has 0 bridgehead atoms. The minimum atomic E-state index is -3.67. The van der Waals surface area contributed by atoms with Gasteiger partial charge >= 0.3 is 5.97 Å². The summed E-state index contributed by atoms with van der Waals surface area (Å²) in [4.78, 5) is 33.6. The molecule has 0 fully saturated rings. The second kappa shape index (κ2) is 12.7. The van der Waals surface area contributed by atoms with Gasteiger partial charge in [-0.15, -0.1) is 0 Å². The standard InChI is InChI=1S/C28H40FN3O6SSi/c1-18(2)25-23(15-14-21(33)16-22(17-24(34)35)38-40(8,9)28(3,4)5)26(19-10-12-20(29)13-11-19)31-27(30-25)32(6)39(7,36)37/h10-15,18,22H,16-17H2,1-9H3,(H,34,35)/b15-14+/t22-/m1/s1. The summed E-state index contributed by atoms with van der Waals surface area (Å²) in [5.41, 5.74) is 1.79. The highest BCUT2D eigenvalue weighted by molar-refractivity contribution is 7.92. The summed E-state index contributed by atoms with van der Waals surface area (Å²) in [7, 11) is -4.68. The number of ketones is 1. The first-order valence-corrected chi connectivity index (χ1v) is 17.7. The minimum absolute atomic E-state index is 0.0571. The van der Waals surface area contributed by atoms with E-state index in [-0.39, 0.29) is 35.5 Å². The third kappa shape index (κ3) is 8.77. The lowest BCUT2D eigenvalue weighted by molar-refractivity contribution is -0.139. The Morgan fingerprint density at radius 3 is 2.17 bits per heavy atom. The Labute approximate surface area is 237 Å². The quantitative estimate of drug-likeness (QED) is 0.248. The van der Waals surface area contributed by atoms with Crippen molar-refractivity contribution >= 4 is 42.1 Å². The van der Waals surface area contributed by atoms with Crippen molar-refractivity contribution in [3.8, 4) is 11.3 Å². The maximum atomic E-state index is 13.7. The van der Waals surface area contributed by atoms with Crippen molar-refractivity contribution in [3.05, 3.63) is 47.4 Å². The smallest absolute Gasteiger partial charge is 0.305 e. The first kappa shape index (κ1) is 33.2. The Morgan fingerprint density at radius 1 is 1.12 bits per heavy atom. The number of aromatic nitrogens is 2. The Kier molecular flexibility index (Phi) is 10.5. The van der Waals surface area contributed by atoms with Crippen LogP contribution in [-0.2, 0) is 24.0 Å². The molecule has 40 heavy (non-hydrogen) atoms. The summed E-state index contributed by atoms with van der Waals surface area (Å²) in [6.45, 7) is 13.8. The normalized spacial score (nSPS) is 13.6. The molecule has 0 aliphatic heterocycles. The predicted molar refractivity (Wildman–Crippen MR) is 158 cm³/mol. The van der Waals surface area contributed by atoms with Crippen molar-refractivity contribution in [2.45, 2.75) is 77.6 Å². The fourth-order valence-corrected chi connectivity index (χ4v) is 5.34. The van der Waals surface area contributed by atoms with Gasteiger partial charge in [0.05, 0.1) is 30.2 Å². The van der Waals surface area contributed by atoms with E-state index in [4.69, 9.17) is 4.43 Å². The van der Waals surface area contributed by atoms with Gasteiger partial charge in [-0.1, -0.05) is 34.6 Å². The Bertz CT molecular complexity index is 1370. The second-order valence-electron chi connectivity index (χ2n) is 11.7. The summed E-state index contributed by atoms with van der Waals surface area (Å²) in [6, 6.07) is 5.56. The van der Waals surface area contributed by atoms with E-state index in [0.717, 1.165) is 10.6 Å². The van der Waals surface area contributed by atoms with E-state index in [1.54, 1.807) is 6.08 Å². The lowest BCUT2D eigenvalue weighted by Gasteiger charge is -2.38. The molecular formula is C28H40FN3O6SSi.